The third kappa shape index (κ3) is 6.52. The molecule has 0 saturated heterocycles. The number of thiazole rings is 1. The number of carboxylic acids is 1. The molecule has 3 aliphatic rings. The standard InChI is InChI=1S/C34H39ClN2O4S/c1-41-30-16-15-26(18-29(30)35)22-7-5-21(6-8-22)20-37(33(38)24-11-13-25(14-12-24)34(39)40)28-4-2-3-27(17-28)31-19-36-32(42-31)23-9-10-23/h2-4,15-19,21-25H,5-14,20H2,1H3,(H,39,40). The van der Waals surface area contributed by atoms with Crippen LogP contribution in [-0.2, 0) is 9.59 Å². The molecule has 8 heteroatoms. The Hall–Kier alpha value is -2.90. The van der Waals surface area contributed by atoms with Crippen LogP contribution in [0.25, 0.3) is 10.4 Å². The molecule has 3 aliphatic carbocycles. The number of ether oxygens (including phenoxy) is 1. The van der Waals surface area contributed by atoms with E-state index in [2.05, 4.69) is 29.2 Å². The van der Waals surface area contributed by atoms with E-state index in [9.17, 15) is 14.7 Å². The molecule has 1 N–H and O–H groups in total. The minimum absolute atomic E-state index is 0.132. The van der Waals surface area contributed by atoms with Gasteiger partial charge in [-0.05, 0) is 111 Å². The van der Waals surface area contributed by atoms with Crippen LogP contribution in [0.4, 0.5) is 5.69 Å². The number of benzene rings is 2. The summed E-state index contributed by atoms with van der Waals surface area (Å²) in [6.45, 7) is 0.688. The second kappa shape index (κ2) is 12.8. The van der Waals surface area contributed by atoms with Crippen molar-refractivity contribution in [2.45, 2.75) is 76.0 Å². The molecule has 6 nitrogen and oxygen atoms in total. The first-order valence-corrected chi connectivity index (χ1v) is 16.5. The van der Waals surface area contributed by atoms with Gasteiger partial charge in [-0.2, -0.15) is 0 Å². The van der Waals surface area contributed by atoms with E-state index in [4.69, 9.17) is 16.3 Å². The van der Waals surface area contributed by atoms with Crippen LogP contribution in [0.1, 0.15) is 86.6 Å². The summed E-state index contributed by atoms with van der Waals surface area (Å²) in [6, 6.07) is 14.5. The van der Waals surface area contributed by atoms with Crippen molar-refractivity contribution >= 4 is 40.5 Å². The third-order valence-electron chi connectivity index (χ3n) is 9.52. The molecule has 0 atom stereocenters. The Morgan fingerprint density at radius 2 is 1.67 bits per heavy atom. The molecule has 42 heavy (non-hydrogen) atoms. The van der Waals surface area contributed by atoms with E-state index < -0.39 is 5.97 Å². The van der Waals surface area contributed by atoms with Crippen molar-refractivity contribution in [1.29, 1.82) is 0 Å². The highest BCUT2D eigenvalue weighted by atomic mass is 35.5. The van der Waals surface area contributed by atoms with Gasteiger partial charge in [-0.3, -0.25) is 9.59 Å². The van der Waals surface area contributed by atoms with E-state index in [1.165, 1.54) is 23.4 Å². The summed E-state index contributed by atoms with van der Waals surface area (Å²) in [5.74, 6) is 1.11. The number of halogens is 1. The molecule has 0 radical (unpaired) electrons. The Morgan fingerprint density at radius 1 is 0.952 bits per heavy atom. The largest absolute Gasteiger partial charge is 0.495 e. The van der Waals surface area contributed by atoms with E-state index in [-0.39, 0.29) is 17.7 Å². The van der Waals surface area contributed by atoms with Gasteiger partial charge in [0.05, 0.1) is 27.9 Å². The minimum Gasteiger partial charge on any atom is -0.495 e. The van der Waals surface area contributed by atoms with Crippen molar-refractivity contribution < 1.29 is 19.4 Å². The molecule has 3 saturated carbocycles. The van der Waals surface area contributed by atoms with Crippen molar-refractivity contribution in [3.63, 3.8) is 0 Å². The Labute approximate surface area is 257 Å². The summed E-state index contributed by atoms with van der Waals surface area (Å²) < 4.78 is 5.33. The molecular formula is C34H39ClN2O4S. The molecule has 0 aliphatic heterocycles. The van der Waals surface area contributed by atoms with Crippen molar-refractivity contribution in [2.75, 3.05) is 18.6 Å². The Morgan fingerprint density at radius 3 is 2.33 bits per heavy atom. The molecule has 0 unspecified atom stereocenters. The number of hydrogen-bond acceptors (Lipinski definition) is 5. The normalized spacial score (nSPS) is 24.2. The first-order valence-electron chi connectivity index (χ1n) is 15.3. The average Bonchev–Trinajstić information content (AvgIpc) is 3.75. The number of rotatable bonds is 9. The van der Waals surface area contributed by atoms with Gasteiger partial charge in [0.25, 0.3) is 0 Å². The van der Waals surface area contributed by atoms with Gasteiger partial charge in [-0.15, -0.1) is 11.3 Å². The van der Waals surface area contributed by atoms with Gasteiger partial charge < -0.3 is 14.7 Å². The highest BCUT2D eigenvalue weighted by Crippen LogP contribution is 2.44. The highest BCUT2D eigenvalue weighted by Gasteiger charge is 2.34. The van der Waals surface area contributed by atoms with E-state index in [0.717, 1.165) is 41.8 Å². The van der Waals surface area contributed by atoms with Gasteiger partial charge >= 0.3 is 5.97 Å². The van der Waals surface area contributed by atoms with Crippen molar-refractivity contribution in [3.8, 4) is 16.2 Å². The zero-order valence-electron chi connectivity index (χ0n) is 24.1. The molecule has 3 fully saturated rings. The number of nitrogens with zero attached hydrogens (tertiary/aromatic N) is 2. The molecule has 2 aromatic carbocycles. The van der Waals surface area contributed by atoms with E-state index in [1.807, 2.05) is 29.3 Å². The fourth-order valence-corrected chi connectivity index (χ4v) is 8.12. The lowest BCUT2D eigenvalue weighted by Gasteiger charge is -2.36. The smallest absolute Gasteiger partial charge is 0.306 e. The lowest BCUT2D eigenvalue weighted by molar-refractivity contribution is -0.144. The summed E-state index contributed by atoms with van der Waals surface area (Å²) in [5, 5.41) is 11.3. The molecule has 0 spiro atoms. The zero-order chi connectivity index (χ0) is 29.2. The molecule has 1 heterocycles. The topological polar surface area (TPSA) is 79.7 Å². The lowest BCUT2D eigenvalue weighted by Crippen LogP contribution is -2.41. The first kappa shape index (κ1) is 29.2. The molecule has 1 aromatic heterocycles. The van der Waals surface area contributed by atoms with Gasteiger partial charge in [0.1, 0.15) is 5.75 Å². The zero-order valence-corrected chi connectivity index (χ0v) is 25.7. The van der Waals surface area contributed by atoms with Crippen LogP contribution in [0.5, 0.6) is 5.75 Å². The summed E-state index contributed by atoms with van der Waals surface area (Å²) in [5.41, 5.74) is 3.29. The number of carbonyl (C=O) groups is 2. The summed E-state index contributed by atoms with van der Waals surface area (Å²) in [7, 11) is 1.63. The van der Waals surface area contributed by atoms with Crippen LogP contribution in [0, 0.1) is 17.8 Å². The van der Waals surface area contributed by atoms with Crippen LogP contribution in [0.15, 0.2) is 48.7 Å². The Bertz CT molecular complexity index is 1420. The summed E-state index contributed by atoms with van der Waals surface area (Å²) in [6.07, 6.45) is 11.1. The summed E-state index contributed by atoms with van der Waals surface area (Å²) in [4.78, 5) is 33.5. The van der Waals surface area contributed by atoms with E-state index >= 15 is 0 Å². The molecule has 1 amide bonds. The Balaban J connectivity index is 1.19. The maximum absolute atomic E-state index is 14.1. The second-order valence-electron chi connectivity index (χ2n) is 12.3. The number of carboxylic acid groups (broad SMARTS) is 1. The monoisotopic (exact) mass is 606 g/mol. The molecule has 3 aromatic rings. The number of hydrogen-bond donors (Lipinski definition) is 1. The third-order valence-corrected chi connectivity index (χ3v) is 11.0. The predicted molar refractivity (Wildman–Crippen MR) is 168 cm³/mol. The van der Waals surface area contributed by atoms with Crippen LogP contribution in [0.3, 0.4) is 0 Å². The van der Waals surface area contributed by atoms with Crippen LogP contribution in [0.2, 0.25) is 5.02 Å². The fourth-order valence-electron chi connectivity index (χ4n) is 6.77. The molecule has 6 rings (SSSR count). The van der Waals surface area contributed by atoms with E-state index in [1.54, 1.807) is 18.4 Å². The Kier molecular flexibility index (Phi) is 8.87. The van der Waals surface area contributed by atoms with Gasteiger partial charge in [0.15, 0.2) is 0 Å². The minimum atomic E-state index is -0.740. The van der Waals surface area contributed by atoms with Gasteiger partial charge in [0.2, 0.25) is 5.91 Å². The SMILES string of the molecule is COc1ccc(C2CCC(CN(C(=O)C3CCC(C(=O)O)CC3)c3cccc(-c4cnc(C5CC5)s4)c3)CC2)cc1Cl. The maximum Gasteiger partial charge on any atom is 0.306 e. The van der Waals surface area contributed by atoms with Gasteiger partial charge in [0, 0.05) is 30.3 Å². The number of methoxy groups -OCH3 is 1. The van der Waals surface area contributed by atoms with E-state index in [0.29, 0.717) is 60.8 Å². The molecule has 0 bridgehead atoms. The van der Waals surface area contributed by atoms with Crippen molar-refractivity contribution in [1.82, 2.24) is 4.98 Å². The molecule has 222 valence electrons. The van der Waals surface area contributed by atoms with Crippen LogP contribution < -0.4 is 9.64 Å². The second-order valence-corrected chi connectivity index (χ2v) is 13.8. The maximum atomic E-state index is 14.1. The molecular weight excluding hydrogens is 568 g/mol. The number of anilines is 1. The number of aliphatic carboxylic acids is 1. The fraction of sp³-hybridized carbons (Fsp3) is 0.500. The van der Waals surface area contributed by atoms with Crippen LogP contribution in [-0.4, -0.2) is 35.6 Å². The predicted octanol–water partition coefficient (Wildman–Crippen LogP) is 8.55. The average molecular weight is 607 g/mol. The quantitative estimate of drug-likeness (QED) is 0.264. The number of carbonyl (C=O) groups excluding carboxylic acids is 1. The first-order chi connectivity index (χ1) is 20.4. The number of amides is 1. The van der Waals surface area contributed by atoms with Crippen LogP contribution >= 0.6 is 22.9 Å². The van der Waals surface area contributed by atoms with Crippen molar-refractivity contribution in [3.05, 3.63) is 64.3 Å². The lowest BCUT2D eigenvalue weighted by atomic mass is 9.78. The summed E-state index contributed by atoms with van der Waals surface area (Å²) >= 11 is 8.19. The van der Waals surface area contributed by atoms with Gasteiger partial charge in [-0.25, -0.2) is 4.98 Å². The van der Waals surface area contributed by atoms with Gasteiger partial charge in [-0.1, -0.05) is 29.8 Å². The highest BCUT2D eigenvalue weighted by molar-refractivity contribution is 7.15. The van der Waals surface area contributed by atoms with Crippen molar-refractivity contribution in [2.24, 2.45) is 17.8 Å². The number of aromatic nitrogens is 1.